The molecule has 0 unspecified atom stereocenters. The first-order valence-corrected chi connectivity index (χ1v) is 8.75. The standard InChI is InChI=1S/C18H14N2S2/c1-12-4-2-5-13(10-12)14-7-8-19-18-17(14)15(11-20-18)22-16-6-3-9-21-16/h2-11H,1H3,(H,19,20). The molecule has 0 radical (unpaired) electrons. The summed E-state index contributed by atoms with van der Waals surface area (Å²) < 4.78 is 1.29. The molecule has 0 aliphatic heterocycles. The number of nitrogens with one attached hydrogen (secondary N) is 1. The molecule has 0 saturated heterocycles. The summed E-state index contributed by atoms with van der Waals surface area (Å²) in [4.78, 5) is 9.00. The maximum atomic E-state index is 4.47. The molecule has 2 nitrogen and oxygen atoms in total. The number of aryl methyl sites for hydroxylation is 1. The molecule has 1 aromatic carbocycles. The fourth-order valence-electron chi connectivity index (χ4n) is 2.59. The van der Waals surface area contributed by atoms with Gasteiger partial charge in [-0.15, -0.1) is 11.3 Å². The van der Waals surface area contributed by atoms with Crippen LogP contribution in [-0.2, 0) is 0 Å². The number of H-pyrrole nitrogens is 1. The molecular formula is C18H14N2S2. The highest BCUT2D eigenvalue weighted by atomic mass is 32.2. The summed E-state index contributed by atoms with van der Waals surface area (Å²) in [7, 11) is 0. The molecule has 0 aliphatic rings. The number of nitrogens with zero attached hydrogens (tertiary/aromatic N) is 1. The Bertz CT molecular complexity index is 923. The van der Waals surface area contributed by atoms with E-state index in [1.54, 1.807) is 23.1 Å². The van der Waals surface area contributed by atoms with Crippen molar-refractivity contribution in [2.45, 2.75) is 16.0 Å². The van der Waals surface area contributed by atoms with Gasteiger partial charge in [0.2, 0.25) is 0 Å². The molecule has 0 spiro atoms. The Morgan fingerprint density at radius 3 is 2.91 bits per heavy atom. The number of fused-ring (bicyclic) bond motifs is 1. The lowest BCUT2D eigenvalue weighted by atomic mass is 10.0. The van der Waals surface area contributed by atoms with Crippen LogP contribution in [0.5, 0.6) is 0 Å². The third kappa shape index (κ3) is 2.45. The molecule has 0 saturated carbocycles. The summed E-state index contributed by atoms with van der Waals surface area (Å²) in [5.74, 6) is 0. The molecule has 0 bridgehead atoms. The Labute approximate surface area is 137 Å². The molecule has 3 heterocycles. The van der Waals surface area contributed by atoms with E-state index < -0.39 is 0 Å². The second-order valence-electron chi connectivity index (χ2n) is 5.14. The maximum Gasteiger partial charge on any atom is 0.139 e. The fourth-order valence-corrected chi connectivity index (χ4v) is 4.46. The average Bonchev–Trinajstić information content (AvgIpc) is 3.18. The van der Waals surface area contributed by atoms with Gasteiger partial charge >= 0.3 is 0 Å². The van der Waals surface area contributed by atoms with Crippen molar-refractivity contribution < 1.29 is 0 Å². The Hall–Kier alpha value is -2.04. The lowest BCUT2D eigenvalue weighted by molar-refractivity contribution is 1.32. The Morgan fingerprint density at radius 1 is 1.14 bits per heavy atom. The molecule has 4 aromatic rings. The summed E-state index contributed by atoms with van der Waals surface area (Å²) >= 11 is 3.55. The van der Waals surface area contributed by atoms with Crippen LogP contribution >= 0.6 is 23.1 Å². The van der Waals surface area contributed by atoms with Crippen molar-refractivity contribution in [1.82, 2.24) is 9.97 Å². The SMILES string of the molecule is Cc1cccc(-c2ccnc3[nH]cc(Sc4cccs4)c23)c1. The van der Waals surface area contributed by atoms with Gasteiger partial charge in [-0.2, -0.15) is 0 Å². The second kappa shape index (κ2) is 5.63. The lowest BCUT2D eigenvalue weighted by Crippen LogP contribution is -1.84. The molecule has 0 atom stereocenters. The van der Waals surface area contributed by atoms with Crippen LogP contribution < -0.4 is 0 Å². The molecule has 4 rings (SSSR count). The zero-order valence-electron chi connectivity index (χ0n) is 12.0. The Balaban J connectivity index is 1.89. The van der Waals surface area contributed by atoms with Crippen molar-refractivity contribution in [2.75, 3.05) is 0 Å². The van der Waals surface area contributed by atoms with E-state index in [-0.39, 0.29) is 0 Å². The number of benzene rings is 1. The first-order chi connectivity index (χ1) is 10.8. The summed E-state index contributed by atoms with van der Waals surface area (Å²) in [5, 5.41) is 3.31. The van der Waals surface area contributed by atoms with Gasteiger partial charge in [0.05, 0.1) is 4.21 Å². The predicted molar refractivity (Wildman–Crippen MR) is 94.7 cm³/mol. The summed E-state index contributed by atoms with van der Waals surface area (Å²) in [6, 6.07) is 15.0. The van der Waals surface area contributed by atoms with Crippen molar-refractivity contribution in [3.63, 3.8) is 0 Å². The zero-order chi connectivity index (χ0) is 14.9. The highest BCUT2D eigenvalue weighted by molar-refractivity contribution is 8.01. The zero-order valence-corrected chi connectivity index (χ0v) is 13.7. The Kier molecular flexibility index (Phi) is 3.48. The van der Waals surface area contributed by atoms with Gasteiger partial charge in [-0.3, -0.25) is 0 Å². The number of thiophene rings is 1. The highest BCUT2D eigenvalue weighted by Crippen LogP contribution is 2.39. The number of aromatic amines is 1. The van der Waals surface area contributed by atoms with Crippen LogP contribution in [0.1, 0.15) is 5.56 Å². The van der Waals surface area contributed by atoms with Crippen molar-refractivity contribution in [2.24, 2.45) is 0 Å². The Morgan fingerprint density at radius 2 is 2.09 bits per heavy atom. The quantitative estimate of drug-likeness (QED) is 0.520. The van der Waals surface area contributed by atoms with Crippen molar-refractivity contribution in [1.29, 1.82) is 0 Å². The maximum absolute atomic E-state index is 4.47. The largest absolute Gasteiger partial charge is 0.345 e. The molecule has 1 N–H and O–H groups in total. The van der Waals surface area contributed by atoms with Gasteiger partial charge in [0.1, 0.15) is 5.65 Å². The van der Waals surface area contributed by atoms with Gasteiger partial charge in [0, 0.05) is 22.7 Å². The van der Waals surface area contributed by atoms with Crippen LogP contribution in [0.25, 0.3) is 22.2 Å². The van der Waals surface area contributed by atoms with Crippen LogP contribution in [0.4, 0.5) is 0 Å². The van der Waals surface area contributed by atoms with Crippen LogP contribution in [0.3, 0.4) is 0 Å². The molecule has 0 aliphatic carbocycles. The van der Waals surface area contributed by atoms with Crippen molar-refractivity contribution >= 4 is 34.1 Å². The molecule has 4 heteroatoms. The molecule has 0 fully saturated rings. The van der Waals surface area contributed by atoms with E-state index in [1.807, 2.05) is 6.20 Å². The second-order valence-corrected chi connectivity index (χ2v) is 7.43. The van der Waals surface area contributed by atoms with Gasteiger partial charge in [0.15, 0.2) is 0 Å². The highest BCUT2D eigenvalue weighted by Gasteiger charge is 2.12. The van der Waals surface area contributed by atoms with Crippen LogP contribution in [0.15, 0.2) is 69.3 Å². The minimum absolute atomic E-state index is 0.943. The molecular weight excluding hydrogens is 308 g/mol. The number of aromatic nitrogens is 2. The first kappa shape index (κ1) is 13.6. The molecule has 0 amide bonds. The normalized spacial score (nSPS) is 11.1. The summed E-state index contributed by atoms with van der Waals surface area (Å²) in [6.07, 6.45) is 3.93. The number of hydrogen-bond donors (Lipinski definition) is 1. The predicted octanol–water partition coefficient (Wildman–Crippen LogP) is 5.75. The van der Waals surface area contributed by atoms with E-state index in [2.05, 4.69) is 70.9 Å². The lowest BCUT2D eigenvalue weighted by Gasteiger charge is -2.06. The van der Waals surface area contributed by atoms with Crippen LogP contribution in [0.2, 0.25) is 0 Å². The van der Waals surface area contributed by atoms with E-state index >= 15 is 0 Å². The molecule has 22 heavy (non-hydrogen) atoms. The van der Waals surface area contributed by atoms with Gasteiger partial charge in [-0.05, 0) is 35.6 Å². The first-order valence-electron chi connectivity index (χ1n) is 7.06. The third-order valence-corrected chi connectivity index (χ3v) is 5.65. The van der Waals surface area contributed by atoms with Crippen molar-refractivity contribution in [3.8, 4) is 11.1 Å². The monoisotopic (exact) mass is 322 g/mol. The minimum atomic E-state index is 0.943. The summed E-state index contributed by atoms with van der Waals surface area (Å²) in [5.41, 5.74) is 4.68. The summed E-state index contributed by atoms with van der Waals surface area (Å²) in [6.45, 7) is 2.13. The number of pyridine rings is 1. The smallest absolute Gasteiger partial charge is 0.139 e. The number of hydrogen-bond acceptors (Lipinski definition) is 3. The number of rotatable bonds is 3. The molecule has 108 valence electrons. The van der Waals surface area contributed by atoms with E-state index in [9.17, 15) is 0 Å². The van der Waals surface area contributed by atoms with Crippen LogP contribution in [-0.4, -0.2) is 9.97 Å². The topological polar surface area (TPSA) is 28.7 Å². The van der Waals surface area contributed by atoms with E-state index in [0.717, 1.165) is 5.65 Å². The molecule has 3 aromatic heterocycles. The van der Waals surface area contributed by atoms with E-state index in [0.29, 0.717) is 0 Å². The van der Waals surface area contributed by atoms with Gasteiger partial charge in [-0.1, -0.05) is 47.7 Å². The van der Waals surface area contributed by atoms with Crippen LogP contribution in [0, 0.1) is 6.92 Å². The van der Waals surface area contributed by atoms with Gasteiger partial charge in [-0.25, -0.2) is 4.98 Å². The van der Waals surface area contributed by atoms with E-state index in [4.69, 9.17) is 0 Å². The average molecular weight is 322 g/mol. The van der Waals surface area contributed by atoms with E-state index in [1.165, 1.54) is 31.2 Å². The third-order valence-electron chi connectivity index (χ3n) is 3.57. The fraction of sp³-hybridized carbons (Fsp3) is 0.0556. The minimum Gasteiger partial charge on any atom is -0.345 e. The van der Waals surface area contributed by atoms with Crippen molar-refractivity contribution in [3.05, 3.63) is 65.8 Å². The van der Waals surface area contributed by atoms with Gasteiger partial charge < -0.3 is 4.98 Å². The van der Waals surface area contributed by atoms with Gasteiger partial charge in [0.25, 0.3) is 0 Å².